The normalized spacial score (nSPS) is 40.1. The number of ether oxygens (including phenoxy) is 1. The Morgan fingerprint density at radius 1 is 1.38 bits per heavy atom. The van der Waals surface area contributed by atoms with E-state index in [9.17, 15) is 10.2 Å². The van der Waals surface area contributed by atoms with Crippen molar-refractivity contribution in [2.75, 3.05) is 19.7 Å². The van der Waals surface area contributed by atoms with Gasteiger partial charge < -0.3 is 14.9 Å². The summed E-state index contributed by atoms with van der Waals surface area (Å²) < 4.78 is 5.77. The van der Waals surface area contributed by atoms with Gasteiger partial charge in [0.1, 0.15) is 0 Å². The maximum absolute atomic E-state index is 9.93. The van der Waals surface area contributed by atoms with Gasteiger partial charge in [-0.05, 0) is 33.1 Å². The molecule has 0 spiro atoms. The molecule has 0 aromatic rings. The maximum Gasteiger partial charge on any atom is 0.0940 e. The van der Waals surface area contributed by atoms with E-state index in [2.05, 4.69) is 4.90 Å². The second-order valence-corrected chi connectivity index (χ2v) is 5.68. The lowest BCUT2D eigenvalue weighted by molar-refractivity contribution is -0.162. The van der Waals surface area contributed by atoms with E-state index in [1.807, 2.05) is 13.8 Å². The van der Waals surface area contributed by atoms with Crippen LogP contribution < -0.4 is 0 Å². The minimum Gasteiger partial charge on any atom is -0.394 e. The third kappa shape index (κ3) is 2.56. The molecule has 1 heterocycles. The standard InChI is InChI=1S/C12H23NO3/c1-12(2)8-13(6-9(7-14)16-12)10-4-3-5-11(10)15/h9-11,14-15H,3-8H2,1-2H3. The molecule has 0 aromatic heterocycles. The van der Waals surface area contributed by atoms with Crippen LogP contribution in [0.5, 0.6) is 0 Å². The van der Waals surface area contributed by atoms with Crippen molar-refractivity contribution in [2.24, 2.45) is 0 Å². The Labute approximate surface area is 97.2 Å². The van der Waals surface area contributed by atoms with Gasteiger partial charge in [-0.15, -0.1) is 0 Å². The minimum atomic E-state index is -0.228. The minimum absolute atomic E-state index is 0.0583. The zero-order chi connectivity index (χ0) is 11.8. The highest BCUT2D eigenvalue weighted by Crippen LogP contribution is 2.29. The Kier molecular flexibility index (Phi) is 3.54. The van der Waals surface area contributed by atoms with Crippen LogP contribution in [0.15, 0.2) is 0 Å². The van der Waals surface area contributed by atoms with Gasteiger partial charge in [0.25, 0.3) is 0 Å². The van der Waals surface area contributed by atoms with Gasteiger partial charge in [0.15, 0.2) is 0 Å². The summed E-state index contributed by atoms with van der Waals surface area (Å²) >= 11 is 0. The van der Waals surface area contributed by atoms with Gasteiger partial charge in [-0.25, -0.2) is 0 Å². The average Bonchev–Trinajstić information content (AvgIpc) is 2.62. The molecule has 2 N–H and O–H groups in total. The fourth-order valence-electron chi connectivity index (χ4n) is 3.04. The van der Waals surface area contributed by atoms with E-state index in [4.69, 9.17) is 4.74 Å². The van der Waals surface area contributed by atoms with Gasteiger partial charge in [0.05, 0.1) is 24.4 Å². The number of aliphatic hydroxyl groups excluding tert-OH is 2. The molecule has 0 bridgehead atoms. The van der Waals surface area contributed by atoms with Crippen LogP contribution in [0.1, 0.15) is 33.1 Å². The molecule has 4 heteroatoms. The summed E-state index contributed by atoms with van der Waals surface area (Å²) in [5, 5.41) is 19.2. The molecule has 1 saturated heterocycles. The van der Waals surface area contributed by atoms with Crippen molar-refractivity contribution in [2.45, 2.75) is 57.0 Å². The third-order valence-electron chi connectivity index (χ3n) is 3.62. The number of morpholine rings is 1. The van der Waals surface area contributed by atoms with Gasteiger partial charge in [-0.2, -0.15) is 0 Å². The summed E-state index contributed by atoms with van der Waals surface area (Å²) in [5.41, 5.74) is -0.228. The molecule has 16 heavy (non-hydrogen) atoms. The predicted octanol–water partition coefficient (Wildman–Crippen LogP) is 0.371. The molecule has 4 nitrogen and oxygen atoms in total. The van der Waals surface area contributed by atoms with Crippen molar-refractivity contribution < 1.29 is 14.9 Å². The summed E-state index contributed by atoms with van der Waals surface area (Å²) in [6, 6.07) is 0.261. The molecule has 1 saturated carbocycles. The lowest BCUT2D eigenvalue weighted by Gasteiger charge is -2.45. The summed E-state index contributed by atoms with van der Waals surface area (Å²) in [4.78, 5) is 2.29. The van der Waals surface area contributed by atoms with Gasteiger partial charge >= 0.3 is 0 Å². The van der Waals surface area contributed by atoms with Gasteiger partial charge in [-0.3, -0.25) is 4.90 Å². The lowest BCUT2D eigenvalue weighted by Crippen LogP contribution is -2.58. The molecule has 2 fully saturated rings. The Morgan fingerprint density at radius 2 is 2.12 bits per heavy atom. The monoisotopic (exact) mass is 229 g/mol. The summed E-state index contributed by atoms with van der Waals surface area (Å²) in [5.74, 6) is 0. The van der Waals surface area contributed by atoms with Crippen molar-refractivity contribution in [3.63, 3.8) is 0 Å². The molecule has 0 amide bonds. The molecule has 1 aliphatic heterocycles. The molecule has 2 aliphatic rings. The quantitative estimate of drug-likeness (QED) is 0.718. The van der Waals surface area contributed by atoms with Crippen LogP contribution >= 0.6 is 0 Å². The number of hydrogen-bond donors (Lipinski definition) is 2. The summed E-state index contributed by atoms with van der Waals surface area (Å²) in [7, 11) is 0. The number of aliphatic hydroxyl groups is 2. The van der Waals surface area contributed by atoms with Crippen LogP contribution in [0.3, 0.4) is 0 Å². The van der Waals surface area contributed by atoms with E-state index in [1.54, 1.807) is 0 Å². The van der Waals surface area contributed by atoms with Gasteiger partial charge in [0, 0.05) is 19.1 Å². The second-order valence-electron chi connectivity index (χ2n) is 5.68. The largest absolute Gasteiger partial charge is 0.394 e. The van der Waals surface area contributed by atoms with Crippen LogP contribution in [-0.4, -0.2) is 58.7 Å². The van der Waals surface area contributed by atoms with Crippen LogP contribution in [0.2, 0.25) is 0 Å². The number of nitrogens with zero attached hydrogens (tertiary/aromatic N) is 1. The SMILES string of the molecule is CC1(C)CN(C2CCCC2O)CC(CO)O1. The Bertz CT molecular complexity index is 244. The Morgan fingerprint density at radius 3 is 2.69 bits per heavy atom. The predicted molar refractivity (Wildman–Crippen MR) is 61.3 cm³/mol. The first-order valence-electron chi connectivity index (χ1n) is 6.22. The molecule has 3 unspecified atom stereocenters. The molecule has 3 atom stereocenters. The van der Waals surface area contributed by atoms with E-state index in [0.29, 0.717) is 0 Å². The van der Waals surface area contributed by atoms with Crippen LogP contribution in [-0.2, 0) is 4.74 Å². The molecular formula is C12H23NO3. The fourth-order valence-corrected chi connectivity index (χ4v) is 3.04. The molecule has 1 aliphatic carbocycles. The van der Waals surface area contributed by atoms with Gasteiger partial charge in [0.2, 0.25) is 0 Å². The number of rotatable bonds is 2. The third-order valence-corrected chi connectivity index (χ3v) is 3.62. The Balaban J connectivity index is 2.03. The number of hydrogen-bond acceptors (Lipinski definition) is 4. The van der Waals surface area contributed by atoms with Crippen molar-refractivity contribution in [1.29, 1.82) is 0 Å². The van der Waals surface area contributed by atoms with E-state index >= 15 is 0 Å². The zero-order valence-electron chi connectivity index (χ0n) is 10.2. The molecular weight excluding hydrogens is 206 g/mol. The topological polar surface area (TPSA) is 52.9 Å². The van der Waals surface area contributed by atoms with Crippen molar-refractivity contribution in [3.8, 4) is 0 Å². The first kappa shape index (κ1) is 12.3. The fraction of sp³-hybridized carbons (Fsp3) is 1.00. The first-order valence-corrected chi connectivity index (χ1v) is 6.22. The molecule has 0 radical (unpaired) electrons. The van der Waals surface area contributed by atoms with Gasteiger partial charge in [-0.1, -0.05) is 0 Å². The highest BCUT2D eigenvalue weighted by molar-refractivity contribution is 4.92. The Hall–Kier alpha value is -0.160. The first-order chi connectivity index (χ1) is 7.52. The van der Waals surface area contributed by atoms with E-state index in [0.717, 1.165) is 32.4 Å². The van der Waals surface area contributed by atoms with Crippen molar-refractivity contribution >= 4 is 0 Å². The van der Waals surface area contributed by atoms with E-state index < -0.39 is 0 Å². The molecule has 94 valence electrons. The molecule has 0 aromatic carbocycles. The van der Waals surface area contributed by atoms with Crippen molar-refractivity contribution in [3.05, 3.63) is 0 Å². The van der Waals surface area contributed by atoms with Crippen LogP contribution in [0.25, 0.3) is 0 Å². The second kappa shape index (κ2) is 4.61. The summed E-state index contributed by atoms with van der Waals surface area (Å²) in [6.07, 6.45) is 2.76. The highest BCUT2D eigenvalue weighted by atomic mass is 16.5. The van der Waals surface area contributed by atoms with E-state index in [-0.39, 0.29) is 30.5 Å². The van der Waals surface area contributed by atoms with Crippen LogP contribution in [0, 0.1) is 0 Å². The van der Waals surface area contributed by atoms with Crippen LogP contribution in [0.4, 0.5) is 0 Å². The van der Waals surface area contributed by atoms with Crippen molar-refractivity contribution in [1.82, 2.24) is 4.90 Å². The zero-order valence-corrected chi connectivity index (χ0v) is 10.2. The maximum atomic E-state index is 9.93. The van der Waals surface area contributed by atoms with E-state index in [1.165, 1.54) is 0 Å². The molecule has 2 rings (SSSR count). The highest BCUT2D eigenvalue weighted by Gasteiger charge is 2.39. The summed E-state index contributed by atoms with van der Waals surface area (Å²) in [6.45, 7) is 5.72. The lowest BCUT2D eigenvalue weighted by atomic mass is 10.0. The average molecular weight is 229 g/mol. The smallest absolute Gasteiger partial charge is 0.0940 e.